The van der Waals surface area contributed by atoms with Crippen LogP contribution in [0.25, 0.3) is 210 Å². The third-order valence-corrected chi connectivity index (χ3v) is 20.4. The number of fused-ring (bicyclic) bond motifs is 12. The third kappa shape index (κ3) is 11.4. The van der Waals surface area contributed by atoms with E-state index in [9.17, 15) is 0 Å². The van der Waals surface area contributed by atoms with Gasteiger partial charge in [-0.15, -0.1) is 0 Å². The number of aromatic nitrogens is 10. The molecule has 0 fully saturated rings. The molecule has 0 saturated carbocycles. The number of benzene rings is 11. The maximum absolute atomic E-state index is 5.14. The molecule has 10 aromatic heterocycles. The number of hydrogen-bond acceptors (Lipinski definition) is 10. The van der Waals surface area contributed by atoms with Crippen LogP contribution in [0.15, 0.2) is 353 Å². The summed E-state index contributed by atoms with van der Waals surface area (Å²) in [6.45, 7) is 0. The fourth-order valence-electron chi connectivity index (χ4n) is 14.9. The maximum Gasteiger partial charge on any atom is 0.0972 e. The topological polar surface area (TPSA) is 129 Å². The predicted molar refractivity (Wildman–Crippen MR) is 435 cm³/mol. The molecule has 106 heavy (non-hydrogen) atoms. The molecule has 21 aromatic rings. The lowest BCUT2D eigenvalue weighted by molar-refractivity contribution is 1.36. The second kappa shape index (κ2) is 25.8. The van der Waals surface area contributed by atoms with E-state index in [4.69, 9.17) is 29.9 Å². The molecule has 10 nitrogen and oxygen atoms in total. The Bertz CT molecular complexity index is 7080. The molecule has 0 aliphatic rings. The van der Waals surface area contributed by atoms with Crippen LogP contribution < -0.4 is 0 Å². The van der Waals surface area contributed by atoms with Crippen LogP contribution in [0.2, 0.25) is 0 Å². The molecule has 0 amide bonds. The van der Waals surface area contributed by atoms with Crippen molar-refractivity contribution in [2.45, 2.75) is 0 Å². The molecule has 492 valence electrons. The van der Waals surface area contributed by atoms with Crippen molar-refractivity contribution in [3.63, 3.8) is 0 Å². The summed E-state index contributed by atoms with van der Waals surface area (Å²) >= 11 is 0. The fraction of sp³-hybridized carbons (Fsp3) is 0. The minimum Gasteiger partial charge on any atom is -0.264 e. The van der Waals surface area contributed by atoms with Gasteiger partial charge in [0, 0.05) is 124 Å². The van der Waals surface area contributed by atoms with Gasteiger partial charge in [-0.1, -0.05) is 206 Å². The first-order chi connectivity index (χ1) is 52.4. The van der Waals surface area contributed by atoms with Crippen LogP contribution in [0, 0.1) is 0 Å². The normalized spacial score (nSPS) is 11.6. The van der Waals surface area contributed by atoms with Crippen molar-refractivity contribution < 1.29 is 0 Å². The van der Waals surface area contributed by atoms with Crippen molar-refractivity contribution in [3.8, 4) is 101 Å². The zero-order chi connectivity index (χ0) is 70.0. The molecule has 0 spiro atoms. The van der Waals surface area contributed by atoms with E-state index in [1.165, 1.54) is 0 Å². The van der Waals surface area contributed by atoms with Gasteiger partial charge in [-0.05, 0) is 153 Å². The summed E-state index contributed by atoms with van der Waals surface area (Å²) in [6, 6.07) is 110. The molecule has 0 atom stereocenters. The highest BCUT2D eigenvalue weighted by molar-refractivity contribution is 6.09. The van der Waals surface area contributed by atoms with E-state index in [1.54, 1.807) is 0 Å². The highest BCUT2D eigenvalue weighted by atomic mass is 14.8. The summed E-state index contributed by atoms with van der Waals surface area (Å²) in [4.78, 5) is 48.2. The average Bonchev–Trinajstić information content (AvgIpc) is 0.776. The van der Waals surface area contributed by atoms with Crippen molar-refractivity contribution in [1.29, 1.82) is 0 Å². The molecule has 0 aliphatic carbocycles. The molecule has 10 heterocycles. The Morgan fingerprint density at radius 2 is 0.538 bits per heavy atom. The van der Waals surface area contributed by atoms with E-state index < -0.39 is 0 Å². The van der Waals surface area contributed by atoms with Gasteiger partial charge in [0.25, 0.3) is 0 Å². The smallest absolute Gasteiger partial charge is 0.0972 e. The van der Waals surface area contributed by atoms with Crippen LogP contribution >= 0.6 is 0 Å². The Morgan fingerprint density at radius 3 is 1.02 bits per heavy atom. The van der Waals surface area contributed by atoms with E-state index in [1.807, 2.05) is 61.4 Å². The van der Waals surface area contributed by atoms with E-state index in [2.05, 4.69) is 311 Å². The van der Waals surface area contributed by atoms with Gasteiger partial charge in [-0.3, -0.25) is 19.9 Å². The van der Waals surface area contributed by atoms with E-state index in [-0.39, 0.29) is 0 Å². The van der Waals surface area contributed by atoms with Crippen LogP contribution in [0.1, 0.15) is 0 Å². The number of rotatable bonds is 9. The van der Waals surface area contributed by atoms with Gasteiger partial charge in [0.1, 0.15) is 0 Å². The largest absolute Gasteiger partial charge is 0.264 e. The van der Waals surface area contributed by atoms with Crippen LogP contribution in [0.3, 0.4) is 0 Å². The Balaban J connectivity index is 0.000000141. The third-order valence-electron chi connectivity index (χ3n) is 20.4. The molecule has 10 heteroatoms. The molecular weight excluding hydrogens is 1290 g/mol. The average molecular weight is 1350 g/mol. The summed E-state index contributed by atoms with van der Waals surface area (Å²) in [6.07, 6.45) is 11.2. The minimum atomic E-state index is 0.905. The van der Waals surface area contributed by atoms with Gasteiger partial charge >= 0.3 is 0 Å². The Morgan fingerprint density at radius 1 is 0.170 bits per heavy atom. The summed E-state index contributed by atoms with van der Waals surface area (Å²) in [5.74, 6) is 0. The fourth-order valence-corrected chi connectivity index (χ4v) is 14.9. The Kier molecular flexibility index (Phi) is 15.0. The predicted octanol–water partition coefficient (Wildman–Crippen LogP) is 23.9. The molecule has 0 saturated heterocycles. The van der Waals surface area contributed by atoms with Crippen LogP contribution in [0.5, 0.6) is 0 Å². The van der Waals surface area contributed by atoms with Crippen molar-refractivity contribution in [1.82, 2.24) is 49.8 Å². The van der Waals surface area contributed by atoms with Gasteiger partial charge < -0.3 is 0 Å². The summed E-state index contributed by atoms with van der Waals surface area (Å²) < 4.78 is 0. The molecule has 0 N–H and O–H groups in total. The first kappa shape index (κ1) is 61.4. The second-order valence-corrected chi connectivity index (χ2v) is 26.7. The summed E-state index contributed by atoms with van der Waals surface area (Å²) in [5, 5.41) is 13.3. The Hall–Kier alpha value is -14.5. The van der Waals surface area contributed by atoms with Crippen molar-refractivity contribution in [2.24, 2.45) is 0 Å². The molecular formula is C96H58N10. The molecule has 0 aliphatic heterocycles. The van der Waals surface area contributed by atoms with E-state index in [0.29, 0.717) is 0 Å². The first-order valence-electron chi connectivity index (χ1n) is 35.4. The minimum absolute atomic E-state index is 0.905. The van der Waals surface area contributed by atoms with Crippen molar-refractivity contribution in [3.05, 3.63) is 353 Å². The lowest BCUT2D eigenvalue weighted by Gasteiger charge is -2.10. The number of pyridine rings is 10. The first-order valence-corrected chi connectivity index (χ1v) is 35.4. The van der Waals surface area contributed by atoms with Crippen LogP contribution in [-0.4, -0.2) is 49.8 Å². The molecule has 21 rings (SSSR count). The lowest BCUT2D eigenvalue weighted by Crippen LogP contribution is -1.91. The van der Waals surface area contributed by atoms with Gasteiger partial charge in [-0.25, -0.2) is 29.9 Å². The quantitative estimate of drug-likeness (QED) is 0.129. The molecule has 0 unspecified atom stereocenters. The second-order valence-electron chi connectivity index (χ2n) is 26.7. The molecule has 11 aromatic carbocycles. The highest BCUT2D eigenvalue weighted by Crippen LogP contribution is 2.38. The molecule has 0 bridgehead atoms. The van der Waals surface area contributed by atoms with Crippen molar-refractivity contribution in [2.75, 3.05) is 0 Å². The van der Waals surface area contributed by atoms with Gasteiger partial charge in [0.15, 0.2) is 0 Å². The standard InChI is InChI=1S/C51H31N5.C45H27N5/c1-2-5-32(6-3-1)45-21-15-35-13-14-36-16-22-46(56-51(36)50(35)55-45)34-11-9-33(10-12-34)44-25-19-39-29-37(17-23-47(39)53-44)38-18-24-48-40(30-38)20-26-49(54-48)43-8-4-7-41-31-52-28-27-42(41)43;1-3-35-27-46-23-20-37(35)38(5-1)43-19-14-34-26-32(12-17-42(34)50-43)31-11-16-41-33(25-31)13-18-40(49-41)29-8-6-28(7-9-29)36-21-24-48-45-39(36)15-10-30-4-2-22-47-44(30)45/h1-31H;1-27H. The number of nitrogens with zero attached hydrogens (tertiary/aromatic N) is 10. The van der Waals surface area contributed by atoms with Gasteiger partial charge in [0.05, 0.1) is 78.3 Å². The summed E-state index contributed by atoms with van der Waals surface area (Å²) in [5.41, 5.74) is 26.5. The number of hydrogen-bond donors (Lipinski definition) is 0. The van der Waals surface area contributed by atoms with Gasteiger partial charge in [0.2, 0.25) is 0 Å². The summed E-state index contributed by atoms with van der Waals surface area (Å²) in [7, 11) is 0. The van der Waals surface area contributed by atoms with Crippen LogP contribution in [-0.2, 0) is 0 Å². The molecule has 0 radical (unpaired) electrons. The Labute approximate surface area is 608 Å². The maximum atomic E-state index is 5.14. The zero-order valence-electron chi connectivity index (χ0n) is 57.0. The lowest BCUT2D eigenvalue weighted by atomic mass is 9.98. The zero-order valence-corrected chi connectivity index (χ0v) is 57.0. The highest BCUT2D eigenvalue weighted by Gasteiger charge is 2.16. The van der Waals surface area contributed by atoms with Crippen LogP contribution in [0.4, 0.5) is 0 Å². The van der Waals surface area contributed by atoms with E-state index >= 15 is 0 Å². The van der Waals surface area contributed by atoms with Gasteiger partial charge in [-0.2, -0.15) is 0 Å². The monoisotopic (exact) mass is 1350 g/mol. The SMILES string of the molecule is c1cc(-c2ccc3cc(-c4ccc5nc(-c6ccc(-c7ccnc8c7ccc7cccnc78)cc6)ccc5c4)ccc3n2)c2ccncc2c1.c1ccc(-c2ccc3ccc4ccc(-c5ccc(-c6ccc7cc(-c8ccc9nc(-c%10cccc%11cnccc%10%11)ccc9c8)ccc7n6)cc5)nc4c3n2)cc1. The van der Waals surface area contributed by atoms with E-state index in [0.717, 1.165) is 210 Å². The van der Waals surface area contributed by atoms with Crippen molar-refractivity contribution >= 4 is 109 Å².